The Morgan fingerprint density at radius 2 is 1.71 bits per heavy atom. The van der Waals surface area contributed by atoms with Gasteiger partial charge < -0.3 is 20.4 Å². The van der Waals surface area contributed by atoms with Crippen molar-refractivity contribution in [2.45, 2.75) is 13.5 Å². The molecule has 1 aromatic heterocycles. The van der Waals surface area contributed by atoms with Crippen molar-refractivity contribution >= 4 is 28.4 Å². The Labute approximate surface area is 180 Å². The van der Waals surface area contributed by atoms with Crippen LogP contribution in [0, 0.1) is 6.92 Å². The number of carbonyl (C=O) groups excluding carboxylic acids is 2. The predicted octanol–water partition coefficient (Wildman–Crippen LogP) is 4.67. The zero-order chi connectivity index (χ0) is 21.8. The number of carbonyl (C=O) groups is 2. The fraction of sp³-hybridized carbons (Fsp3) is 0.120. The van der Waals surface area contributed by atoms with Crippen LogP contribution in [0.1, 0.15) is 32.0 Å². The van der Waals surface area contributed by atoms with Crippen LogP contribution in [0.3, 0.4) is 0 Å². The SMILES string of the molecule is COc1cccc(CNC(=O)c2[nH]c3ccccc3c2NC(=O)c2ccc(C)cc2)c1. The molecule has 156 valence electrons. The van der Waals surface area contributed by atoms with Gasteiger partial charge in [-0.05, 0) is 42.8 Å². The second-order valence-electron chi connectivity index (χ2n) is 7.27. The summed E-state index contributed by atoms with van der Waals surface area (Å²) in [6.07, 6.45) is 0. The van der Waals surface area contributed by atoms with Gasteiger partial charge in [0.25, 0.3) is 11.8 Å². The Balaban J connectivity index is 1.60. The van der Waals surface area contributed by atoms with Crippen molar-refractivity contribution in [3.05, 3.63) is 95.2 Å². The van der Waals surface area contributed by atoms with Gasteiger partial charge >= 0.3 is 0 Å². The quantitative estimate of drug-likeness (QED) is 0.430. The molecule has 3 aromatic carbocycles. The maximum Gasteiger partial charge on any atom is 0.270 e. The Bertz CT molecular complexity index is 1240. The Hall–Kier alpha value is -4.06. The van der Waals surface area contributed by atoms with Crippen molar-refractivity contribution in [1.82, 2.24) is 10.3 Å². The first-order valence-corrected chi connectivity index (χ1v) is 9.95. The molecule has 31 heavy (non-hydrogen) atoms. The lowest BCUT2D eigenvalue weighted by Gasteiger charge is -2.09. The second kappa shape index (κ2) is 8.75. The van der Waals surface area contributed by atoms with Crippen molar-refractivity contribution in [2.24, 2.45) is 0 Å². The lowest BCUT2D eigenvalue weighted by atomic mass is 10.1. The fourth-order valence-corrected chi connectivity index (χ4v) is 3.39. The van der Waals surface area contributed by atoms with E-state index in [0.717, 1.165) is 27.8 Å². The van der Waals surface area contributed by atoms with Gasteiger partial charge in [0, 0.05) is 23.0 Å². The van der Waals surface area contributed by atoms with Crippen molar-refractivity contribution in [1.29, 1.82) is 0 Å². The minimum absolute atomic E-state index is 0.272. The molecule has 6 heteroatoms. The van der Waals surface area contributed by atoms with Crippen molar-refractivity contribution in [3.8, 4) is 5.75 Å². The maximum absolute atomic E-state index is 13.0. The highest BCUT2D eigenvalue weighted by molar-refractivity contribution is 6.15. The summed E-state index contributed by atoms with van der Waals surface area (Å²) in [5.74, 6) is 0.147. The molecule has 0 saturated carbocycles. The number of para-hydroxylation sites is 1. The molecule has 3 N–H and O–H groups in total. The third kappa shape index (κ3) is 4.43. The van der Waals surface area contributed by atoms with Gasteiger partial charge in [-0.3, -0.25) is 9.59 Å². The molecule has 0 aliphatic carbocycles. The molecule has 0 atom stereocenters. The molecule has 0 aliphatic heterocycles. The zero-order valence-corrected chi connectivity index (χ0v) is 17.4. The highest BCUT2D eigenvalue weighted by Gasteiger charge is 2.20. The number of hydrogen-bond donors (Lipinski definition) is 3. The fourth-order valence-electron chi connectivity index (χ4n) is 3.39. The van der Waals surface area contributed by atoms with Crippen molar-refractivity contribution < 1.29 is 14.3 Å². The minimum atomic E-state index is -0.307. The van der Waals surface area contributed by atoms with Gasteiger partial charge in [-0.15, -0.1) is 0 Å². The summed E-state index contributed by atoms with van der Waals surface area (Å²) in [5, 5.41) is 6.60. The number of aromatic nitrogens is 1. The summed E-state index contributed by atoms with van der Waals surface area (Å²) in [5.41, 5.74) is 4.05. The highest BCUT2D eigenvalue weighted by Crippen LogP contribution is 2.28. The molecule has 4 aromatic rings. The summed E-state index contributed by atoms with van der Waals surface area (Å²) in [7, 11) is 1.60. The van der Waals surface area contributed by atoms with E-state index < -0.39 is 0 Å². The number of hydrogen-bond acceptors (Lipinski definition) is 3. The van der Waals surface area contributed by atoms with Gasteiger partial charge in [0.15, 0.2) is 0 Å². The van der Waals surface area contributed by atoms with Gasteiger partial charge in [0.05, 0.1) is 12.8 Å². The number of amides is 2. The van der Waals surface area contributed by atoms with E-state index in [2.05, 4.69) is 15.6 Å². The first-order chi connectivity index (χ1) is 15.0. The number of anilines is 1. The van der Waals surface area contributed by atoms with E-state index in [1.165, 1.54) is 0 Å². The van der Waals surface area contributed by atoms with Crippen LogP contribution in [-0.4, -0.2) is 23.9 Å². The first kappa shape index (κ1) is 20.2. The summed E-state index contributed by atoms with van der Waals surface area (Å²) in [6, 6.07) is 22.3. The van der Waals surface area contributed by atoms with E-state index in [-0.39, 0.29) is 11.8 Å². The standard InChI is InChI=1S/C25H23N3O3/c1-16-10-12-18(13-11-16)24(29)28-22-20-8-3-4-9-21(20)27-23(22)25(30)26-15-17-6-5-7-19(14-17)31-2/h3-14,27H,15H2,1-2H3,(H,26,30)(H,28,29). The van der Waals surface area contributed by atoms with Crippen LogP contribution in [0.2, 0.25) is 0 Å². The first-order valence-electron chi connectivity index (χ1n) is 9.95. The number of fused-ring (bicyclic) bond motifs is 1. The number of ether oxygens (including phenoxy) is 1. The number of aromatic amines is 1. The van der Waals surface area contributed by atoms with Crippen LogP contribution in [0.25, 0.3) is 10.9 Å². The van der Waals surface area contributed by atoms with Crippen molar-refractivity contribution in [2.75, 3.05) is 12.4 Å². The number of benzene rings is 3. The molecule has 6 nitrogen and oxygen atoms in total. The zero-order valence-electron chi connectivity index (χ0n) is 17.4. The van der Waals surface area contributed by atoms with E-state index in [4.69, 9.17) is 4.74 Å². The number of aryl methyl sites for hydroxylation is 1. The molecule has 2 amide bonds. The Morgan fingerprint density at radius 1 is 0.935 bits per heavy atom. The van der Waals surface area contributed by atoms with E-state index in [9.17, 15) is 9.59 Å². The number of methoxy groups -OCH3 is 1. The van der Waals surface area contributed by atoms with E-state index in [1.54, 1.807) is 19.2 Å². The third-order valence-corrected chi connectivity index (χ3v) is 5.07. The predicted molar refractivity (Wildman–Crippen MR) is 122 cm³/mol. The Morgan fingerprint density at radius 3 is 2.48 bits per heavy atom. The smallest absolute Gasteiger partial charge is 0.270 e. The highest BCUT2D eigenvalue weighted by atomic mass is 16.5. The number of nitrogens with one attached hydrogen (secondary N) is 3. The average Bonchev–Trinajstić information content (AvgIpc) is 3.16. The molecule has 0 spiro atoms. The lowest BCUT2D eigenvalue weighted by molar-refractivity contribution is 0.0947. The summed E-state index contributed by atoms with van der Waals surface area (Å²) < 4.78 is 5.23. The van der Waals surface area contributed by atoms with Crippen LogP contribution in [0.4, 0.5) is 5.69 Å². The topological polar surface area (TPSA) is 83.2 Å². The summed E-state index contributed by atoms with van der Waals surface area (Å²) in [6.45, 7) is 2.29. The molecular formula is C25H23N3O3. The molecule has 4 rings (SSSR count). The van der Waals surface area contributed by atoms with E-state index in [0.29, 0.717) is 23.5 Å². The van der Waals surface area contributed by atoms with Crippen LogP contribution < -0.4 is 15.4 Å². The molecule has 0 aliphatic rings. The number of rotatable bonds is 6. The second-order valence-corrected chi connectivity index (χ2v) is 7.27. The molecule has 0 saturated heterocycles. The van der Waals surface area contributed by atoms with Gasteiger partial charge in [0.1, 0.15) is 11.4 Å². The van der Waals surface area contributed by atoms with Gasteiger partial charge in [-0.1, -0.05) is 48.0 Å². The average molecular weight is 413 g/mol. The maximum atomic E-state index is 13.0. The van der Waals surface area contributed by atoms with Crippen LogP contribution >= 0.6 is 0 Å². The van der Waals surface area contributed by atoms with Crippen LogP contribution in [0.15, 0.2) is 72.8 Å². The molecule has 0 radical (unpaired) electrons. The van der Waals surface area contributed by atoms with Gasteiger partial charge in [-0.2, -0.15) is 0 Å². The van der Waals surface area contributed by atoms with E-state index >= 15 is 0 Å². The van der Waals surface area contributed by atoms with Crippen LogP contribution in [0.5, 0.6) is 5.75 Å². The molecule has 0 bridgehead atoms. The summed E-state index contributed by atoms with van der Waals surface area (Å²) >= 11 is 0. The molecule has 1 heterocycles. The minimum Gasteiger partial charge on any atom is -0.497 e. The Kier molecular flexibility index (Phi) is 5.71. The summed E-state index contributed by atoms with van der Waals surface area (Å²) in [4.78, 5) is 29.0. The van der Waals surface area contributed by atoms with Crippen molar-refractivity contribution in [3.63, 3.8) is 0 Å². The largest absolute Gasteiger partial charge is 0.497 e. The van der Waals surface area contributed by atoms with E-state index in [1.807, 2.05) is 67.6 Å². The lowest BCUT2D eigenvalue weighted by Crippen LogP contribution is -2.25. The number of H-pyrrole nitrogens is 1. The third-order valence-electron chi connectivity index (χ3n) is 5.07. The molecular weight excluding hydrogens is 390 g/mol. The monoisotopic (exact) mass is 413 g/mol. The van der Waals surface area contributed by atoms with Gasteiger partial charge in [0.2, 0.25) is 0 Å². The molecule has 0 unspecified atom stereocenters. The normalized spacial score (nSPS) is 10.6. The van der Waals surface area contributed by atoms with Crippen LogP contribution in [-0.2, 0) is 6.54 Å². The molecule has 0 fully saturated rings. The van der Waals surface area contributed by atoms with Gasteiger partial charge in [-0.25, -0.2) is 0 Å².